The average Bonchev–Trinajstić information content (AvgIpc) is 3.30. The highest BCUT2D eigenvalue weighted by Gasteiger charge is 2.61. The number of hydrogen-bond donors (Lipinski definition) is 0. The first kappa shape index (κ1) is 22.7. The summed E-state index contributed by atoms with van der Waals surface area (Å²) in [6.45, 7) is 0. The Bertz CT molecular complexity index is 1290. The van der Waals surface area contributed by atoms with E-state index in [9.17, 15) is 22.8 Å². The standard InChI is InChI=1S/C24H15Cl2F3N2O3/c25-13-10-11-15(17(26)12-13)20-19-21(34-31(20)14-6-2-1-3-7-14)23(33)30(22(19)32)18-9-5-4-8-16(18)24(27,28)29/h1-12,19-21H/t19-,20+,21+/m0/s1. The van der Waals surface area contributed by atoms with Crippen molar-refractivity contribution in [2.75, 3.05) is 9.96 Å². The first-order chi connectivity index (χ1) is 16.2. The summed E-state index contributed by atoms with van der Waals surface area (Å²) in [5.41, 5.74) is -0.613. The quantitative estimate of drug-likeness (QED) is 0.405. The molecule has 0 N–H and O–H groups in total. The third kappa shape index (κ3) is 3.62. The Morgan fingerprint density at radius 2 is 1.53 bits per heavy atom. The number of hydrogen-bond acceptors (Lipinski definition) is 4. The molecule has 2 saturated heterocycles. The topological polar surface area (TPSA) is 49.9 Å². The van der Waals surface area contributed by atoms with Crippen LogP contribution in [0.15, 0.2) is 72.8 Å². The van der Waals surface area contributed by atoms with Crippen LogP contribution in [0, 0.1) is 5.92 Å². The first-order valence-electron chi connectivity index (χ1n) is 10.2. The van der Waals surface area contributed by atoms with E-state index in [1.807, 2.05) is 0 Å². The molecule has 2 aliphatic heterocycles. The number of anilines is 2. The minimum absolute atomic E-state index is 0.233. The van der Waals surface area contributed by atoms with Gasteiger partial charge in [-0.3, -0.25) is 14.4 Å². The van der Waals surface area contributed by atoms with Gasteiger partial charge in [0.05, 0.1) is 23.0 Å². The fourth-order valence-electron chi connectivity index (χ4n) is 4.42. The van der Waals surface area contributed by atoms with E-state index in [2.05, 4.69) is 0 Å². The molecule has 0 spiro atoms. The number of carbonyl (C=O) groups excluding carboxylic acids is 2. The SMILES string of the molecule is O=C1[C@H]2[C@@H](c3ccc(Cl)cc3Cl)N(c3ccccc3)O[C@H]2C(=O)N1c1ccccc1C(F)(F)F. The second-order valence-electron chi connectivity index (χ2n) is 7.85. The Balaban J connectivity index is 1.63. The summed E-state index contributed by atoms with van der Waals surface area (Å²) < 4.78 is 40.9. The van der Waals surface area contributed by atoms with E-state index in [0.29, 0.717) is 21.2 Å². The lowest BCUT2D eigenvalue weighted by atomic mass is 9.90. The summed E-state index contributed by atoms with van der Waals surface area (Å²) in [5.74, 6) is -2.81. The van der Waals surface area contributed by atoms with Gasteiger partial charge in [0, 0.05) is 10.0 Å². The molecule has 34 heavy (non-hydrogen) atoms. The van der Waals surface area contributed by atoms with E-state index in [4.69, 9.17) is 28.0 Å². The second-order valence-corrected chi connectivity index (χ2v) is 8.69. The maximum Gasteiger partial charge on any atom is 0.418 e. The van der Waals surface area contributed by atoms with Gasteiger partial charge < -0.3 is 0 Å². The van der Waals surface area contributed by atoms with Gasteiger partial charge in [0.2, 0.25) is 5.91 Å². The first-order valence-corrected chi connectivity index (χ1v) is 10.9. The van der Waals surface area contributed by atoms with Crippen LogP contribution in [0.2, 0.25) is 10.0 Å². The van der Waals surface area contributed by atoms with Crippen molar-refractivity contribution in [1.82, 2.24) is 0 Å². The van der Waals surface area contributed by atoms with Crippen LogP contribution < -0.4 is 9.96 Å². The molecule has 3 atom stereocenters. The third-order valence-corrected chi connectivity index (χ3v) is 6.42. The van der Waals surface area contributed by atoms with Crippen molar-refractivity contribution in [2.45, 2.75) is 18.3 Å². The van der Waals surface area contributed by atoms with E-state index in [0.717, 1.165) is 12.1 Å². The summed E-state index contributed by atoms with van der Waals surface area (Å²) in [6, 6.07) is 17.0. The van der Waals surface area contributed by atoms with Crippen molar-refractivity contribution < 1.29 is 27.6 Å². The Hall–Kier alpha value is -3.07. The molecular weight excluding hydrogens is 492 g/mol. The lowest BCUT2D eigenvalue weighted by Crippen LogP contribution is -2.38. The van der Waals surface area contributed by atoms with Crippen molar-refractivity contribution in [1.29, 1.82) is 0 Å². The minimum Gasteiger partial charge on any atom is -0.273 e. The van der Waals surface area contributed by atoms with Crippen molar-refractivity contribution in [3.63, 3.8) is 0 Å². The van der Waals surface area contributed by atoms with Gasteiger partial charge in [0.15, 0.2) is 6.10 Å². The summed E-state index contributed by atoms with van der Waals surface area (Å²) >= 11 is 12.5. The molecule has 3 aromatic rings. The summed E-state index contributed by atoms with van der Waals surface area (Å²) in [6.07, 6.45) is -6.09. The number of fused-ring (bicyclic) bond motifs is 1. The molecule has 10 heteroatoms. The Morgan fingerprint density at radius 1 is 0.853 bits per heavy atom. The lowest BCUT2D eigenvalue weighted by molar-refractivity contribution is -0.137. The molecule has 3 aromatic carbocycles. The van der Waals surface area contributed by atoms with E-state index < -0.39 is 47.3 Å². The molecular formula is C24H15Cl2F3N2O3. The number of imide groups is 1. The van der Waals surface area contributed by atoms with Crippen LogP contribution in [-0.4, -0.2) is 17.9 Å². The van der Waals surface area contributed by atoms with Gasteiger partial charge in [0.1, 0.15) is 5.92 Å². The van der Waals surface area contributed by atoms with Gasteiger partial charge in [-0.15, -0.1) is 0 Å². The Kier molecular flexibility index (Phi) is 5.55. The average molecular weight is 507 g/mol. The molecule has 174 valence electrons. The van der Waals surface area contributed by atoms with Crippen LogP contribution in [-0.2, 0) is 20.6 Å². The van der Waals surface area contributed by atoms with Crippen molar-refractivity contribution >= 4 is 46.4 Å². The lowest BCUT2D eigenvalue weighted by Gasteiger charge is -2.29. The smallest absolute Gasteiger partial charge is 0.273 e. The van der Waals surface area contributed by atoms with Gasteiger partial charge in [-0.2, -0.15) is 13.2 Å². The predicted octanol–water partition coefficient (Wildman–Crippen LogP) is 6.06. The highest BCUT2D eigenvalue weighted by Crippen LogP contribution is 2.50. The predicted molar refractivity (Wildman–Crippen MR) is 120 cm³/mol. The molecule has 5 rings (SSSR count). The number of carbonyl (C=O) groups is 2. The van der Waals surface area contributed by atoms with Crippen LogP contribution in [0.3, 0.4) is 0 Å². The van der Waals surface area contributed by atoms with Gasteiger partial charge in [-0.25, -0.2) is 9.96 Å². The van der Waals surface area contributed by atoms with E-state index in [1.165, 1.54) is 23.3 Å². The van der Waals surface area contributed by atoms with Crippen LogP contribution in [0.1, 0.15) is 17.2 Å². The largest absolute Gasteiger partial charge is 0.418 e. The number of amides is 2. The zero-order chi connectivity index (χ0) is 24.2. The number of nitrogens with zero attached hydrogens (tertiary/aromatic N) is 2. The van der Waals surface area contributed by atoms with Crippen LogP contribution >= 0.6 is 23.2 Å². The zero-order valence-corrected chi connectivity index (χ0v) is 18.7. The molecule has 0 unspecified atom stereocenters. The molecule has 0 radical (unpaired) electrons. The normalized spacial score (nSPS) is 22.4. The van der Waals surface area contributed by atoms with Crippen LogP contribution in [0.5, 0.6) is 0 Å². The van der Waals surface area contributed by atoms with Crippen LogP contribution in [0.4, 0.5) is 24.5 Å². The maximum atomic E-state index is 13.6. The fraction of sp³-hybridized carbons (Fsp3) is 0.167. The number of alkyl halides is 3. The molecule has 0 saturated carbocycles. The van der Waals surface area contributed by atoms with Gasteiger partial charge in [-0.05, 0) is 42.0 Å². The molecule has 0 aromatic heterocycles. The molecule has 2 fully saturated rings. The van der Waals surface area contributed by atoms with Gasteiger partial charge in [0.25, 0.3) is 5.91 Å². The number of hydroxylamine groups is 1. The highest BCUT2D eigenvalue weighted by molar-refractivity contribution is 6.35. The van der Waals surface area contributed by atoms with Crippen molar-refractivity contribution in [2.24, 2.45) is 5.92 Å². The molecule has 2 amide bonds. The van der Waals surface area contributed by atoms with Crippen molar-refractivity contribution in [3.05, 3.63) is 94.0 Å². The molecule has 0 bridgehead atoms. The van der Waals surface area contributed by atoms with E-state index in [1.54, 1.807) is 42.5 Å². The maximum absolute atomic E-state index is 13.6. The Morgan fingerprint density at radius 3 is 2.21 bits per heavy atom. The van der Waals surface area contributed by atoms with Crippen molar-refractivity contribution in [3.8, 4) is 0 Å². The summed E-state index contributed by atoms with van der Waals surface area (Å²) in [7, 11) is 0. The number of benzene rings is 3. The molecule has 0 aliphatic carbocycles. The summed E-state index contributed by atoms with van der Waals surface area (Å²) in [4.78, 5) is 33.4. The number of para-hydroxylation sites is 2. The number of halogens is 5. The third-order valence-electron chi connectivity index (χ3n) is 5.86. The zero-order valence-electron chi connectivity index (χ0n) is 17.2. The van der Waals surface area contributed by atoms with Crippen LogP contribution in [0.25, 0.3) is 0 Å². The highest BCUT2D eigenvalue weighted by atomic mass is 35.5. The van der Waals surface area contributed by atoms with Gasteiger partial charge >= 0.3 is 6.18 Å². The summed E-state index contributed by atoms with van der Waals surface area (Å²) in [5, 5.41) is 2.01. The molecule has 2 aliphatic rings. The molecule has 2 heterocycles. The fourth-order valence-corrected chi connectivity index (χ4v) is 4.94. The Labute approximate surface area is 202 Å². The van der Waals surface area contributed by atoms with E-state index >= 15 is 0 Å². The van der Waals surface area contributed by atoms with E-state index in [-0.39, 0.29) is 5.02 Å². The monoisotopic (exact) mass is 506 g/mol. The molecule has 5 nitrogen and oxygen atoms in total. The second kappa shape index (κ2) is 8.30. The minimum atomic E-state index is -4.76. The van der Waals surface area contributed by atoms with Gasteiger partial charge in [-0.1, -0.05) is 59.6 Å². The number of rotatable bonds is 3.